The summed E-state index contributed by atoms with van der Waals surface area (Å²) in [7, 11) is 0. The highest BCUT2D eigenvalue weighted by atomic mass is 127. The Morgan fingerprint density at radius 3 is 2.82 bits per heavy atom. The molecule has 2 aromatic rings. The molecular weight excluding hydrogens is 331 g/mol. The van der Waals surface area contributed by atoms with Gasteiger partial charge in [-0.15, -0.1) is 0 Å². The van der Waals surface area contributed by atoms with Crippen LogP contribution in [-0.4, -0.2) is 19.9 Å². The Morgan fingerprint density at radius 1 is 1.35 bits per heavy atom. The van der Waals surface area contributed by atoms with Crippen molar-refractivity contribution in [2.75, 3.05) is 0 Å². The molecule has 17 heavy (non-hydrogen) atoms. The normalized spacial score (nSPS) is 14.9. The first-order chi connectivity index (χ1) is 8.25. The Bertz CT molecular complexity index is 607. The zero-order valence-electron chi connectivity index (χ0n) is 8.85. The van der Waals surface area contributed by atoms with Crippen LogP contribution in [0.1, 0.15) is 24.5 Å². The SMILES string of the molecule is O=c1[nH]c(-c2cnccn2)nc(C2CC2)c1I. The van der Waals surface area contributed by atoms with Crippen molar-refractivity contribution in [2.24, 2.45) is 0 Å². The molecule has 3 rings (SSSR count). The summed E-state index contributed by atoms with van der Waals surface area (Å²) in [5, 5.41) is 0. The third-order valence-electron chi connectivity index (χ3n) is 2.66. The maximum absolute atomic E-state index is 11.8. The van der Waals surface area contributed by atoms with Crippen molar-refractivity contribution in [1.29, 1.82) is 0 Å². The molecule has 0 bridgehead atoms. The summed E-state index contributed by atoms with van der Waals surface area (Å²) in [6.07, 6.45) is 7.01. The first-order valence-corrected chi connectivity index (χ1v) is 6.39. The fourth-order valence-electron chi connectivity index (χ4n) is 1.65. The second kappa shape index (κ2) is 4.17. The minimum Gasteiger partial charge on any atom is -0.304 e. The predicted molar refractivity (Wildman–Crippen MR) is 70.6 cm³/mol. The van der Waals surface area contributed by atoms with Crippen molar-refractivity contribution < 1.29 is 0 Å². The predicted octanol–water partition coefficient (Wildman–Crippen LogP) is 1.71. The van der Waals surface area contributed by atoms with Crippen LogP contribution < -0.4 is 5.56 Å². The Balaban J connectivity index is 2.15. The van der Waals surface area contributed by atoms with Gasteiger partial charge in [-0.25, -0.2) is 9.97 Å². The van der Waals surface area contributed by atoms with Gasteiger partial charge in [0.2, 0.25) is 0 Å². The fourth-order valence-corrected chi connectivity index (χ4v) is 2.34. The molecule has 86 valence electrons. The second-order valence-electron chi connectivity index (χ2n) is 3.98. The first kappa shape index (κ1) is 10.8. The average molecular weight is 340 g/mol. The van der Waals surface area contributed by atoms with Crippen LogP contribution in [0, 0.1) is 3.57 Å². The Hall–Kier alpha value is -1.31. The molecule has 5 nitrogen and oxygen atoms in total. The van der Waals surface area contributed by atoms with Crippen molar-refractivity contribution >= 4 is 22.6 Å². The van der Waals surface area contributed by atoms with E-state index in [1.807, 2.05) is 0 Å². The zero-order chi connectivity index (χ0) is 11.8. The molecular formula is C11H9IN4O. The van der Waals surface area contributed by atoms with Gasteiger partial charge in [-0.1, -0.05) is 0 Å². The smallest absolute Gasteiger partial charge is 0.264 e. The highest BCUT2D eigenvalue weighted by molar-refractivity contribution is 14.1. The summed E-state index contributed by atoms with van der Waals surface area (Å²) < 4.78 is 0.692. The van der Waals surface area contributed by atoms with Crippen LogP contribution in [0.3, 0.4) is 0 Å². The van der Waals surface area contributed by atoms with Crippen molar-refractivity contribution in [2.45, 2.75) is 18.8 Å². The van der Waals surface area contributed by atoms with Gasteiger partial charge in [0, 0.05) is 18.3 Å². The Kier molecular flexibility index (Phi) is 2.65. The fraction of sp³-hybridized carbons (Fsp3) is 0.273. The zero-order valence-corrected chi connectivity index (χ0v) is 11.0. The molecule has 1 N–H and O–H groups in total. The third kappa shape index (κ3) is 2.08. The van der Waals surface area contributed by atoms with Crippen LogP contribution in [0.4, 0.5) is 0 Å². The maximum atomic E-state index is 11.8. The summed E-state index contributed by atoms with van der Waals surface area (Å²) in [6.45, 7) is 0. The topological polar surface area (TPSA) is 71.5 Å². The number of aromatic amines is 1. The molecule has 1 fully saturated rings. The summed E-state index contributed by atoms with van der Waals surface area (Å²) in [5.74, 6) is 0.949. The molecule has 0 unspecified atom stereocenters. The van der Waals surface area contributed by atoms with Crippen molar-refractivity contribution in [3.8, 4) is 11.5 Å². The molecule has 0 radical (unpaired) electrons. The van der Waals surface area contributed by atoms with E-state index in [2.05, 4.69) is 42.5 Å². The van der Waals surface area contributed by atoms with E-state index in [1.165, 1.54) is 0 Å². The standard InChI is InChI=1S/C11H9IN4O/c12-8-9(6-1-2-6)15-10(16-11(8)17)7-5-13-3-4-14-7/h3-6H,1-2H2,(H,15,16,17). The van der Waals surface area contributed by atoms with Crippen LogP contribution in [0.2, 0.25) is 0 Å². The largest absolute Gasteiger partial charge is 0.304 e. The van der Waals surface area contributed by atoms with E-state index in [1.54, 1.807) is 18.6 Å². The van der Waals surface area contributed by atoms with Crippen LogP contribution >= 0.6 is 22.6 Å². The molecule has 1 aliphatic rings. The number of H-pyrrole nitrogens is 1. The minimum absolute atomic E-state index is 0.0943. The molecule has 0 aliphatic heterocycles. The molecule has 0 saturated heterocycles. The number of hydrogen-bond acceptors (Lipinski definition) is 4. The van der Waals surface area contributed by atoms with Gasteiger partial charge in [0.25, 0.3) is 5.56 Å². The molecule has 1 saturated carbocycles. The lowest BCUT2D eigenvalue weighted by atomic mass is 10.2. The van der Waals surface area contributed by atoms with E-state index in [0.717, 1.165) is 18.5 Å². The van der Waals surface area contributed by atoms with E-state index in [0.29, 0.717) is 21.0 Å². The summed E-state index contributed by atoms with van der Waals surface area (Å²) in [4.78, 5) is 27.2. The molecule has 2 heterocycles. The lowest BCUT2D eigenvalue weighted by Gasteiger charge is -2.04. The van der Waals surface area contributed by atoms with Crippen molar-refractivity contribution in [3.63, 3.8) is 0 Å². The molecule has 0 aromatic carbocycles. The number of nitrogens with zero attached hydrogens (tertiary/aromatic N) is 3. The first-order valence-electron chi connectivity index (χ1n) is 5.32. The highest BCUT2D eigenvalue weighted by Gasteiger charge is 2.29. The quantitative estimate of drug-likeness (QED) is 0.845. The average Bonchev–Trinajstić information content (AvgIpc) is 3.18. The summed E-state index contributed by atoms with van der Waals surface area (Å²) >= 11 is 2.05. The van der Waals surface area contributed by atoms with Gasteiger partial charge in [-0.3, -0.25) is 9.78 Å². The van der Waals surface area contributed by atoms with Gasteiger partial charge >= 0.3 is 0 Å². The second-order valence-corrected chi connectivity index (χ2v) is 5.06. The van der Waals surface area contributed by atoms with Crippen molar-refractivity contribution in [3.05, 3.63) is 38.2 Å². The third-order valence-corrected chi connectivity index (χ3v) is 3.70. The maximum Gasteiger partial charge on any atom is 0.264 e. The van der Waals surface area contributed by atoms with Gasteiger partial charge in [0.15, 0.2) is 5.82 Å². The van der Waals surface area contributed by atoms with Crippen molar-refractivity contribution in [1.82, 2.24) is 19.9 Å². The van der Waals surface area contributed by atoms with Crippen LogP contribution in [0.25, 0.3) is 11.5 Å². The number of aromatic nitrogens is 4. The molecule has 0 amide bonds. The number of rotatable bonds is 2. The van der Waals surface area contributed by atoms with Gasteiger partial charge in [-0.2, -0.15) is 0 Å². The van der Waals surface area contributed by atoms with E-state index < -0.39 is 0 Å². The van der Waals surface area contributed by atoms with E-state index in [4.69, 9.17) is 0 Å². The highest BCUT2D eigenvalue weighted by Crippen LogP contribution is 2.40. The van der Waals surface area contributed by atoms with Gasteiger partial charge in [0.05, 0.1) is 11.9 Å². The monoisotopic (exact) mass is 340 g/mol. The van der Waals surface area contributed by atoms with Gasteiger partial charge < -0.3 is 4.98 Å². The summed E-state index contributed by atoms with van der Waals surface area (Å²) in [6, 6.07) is 0. The van der Waals surface area contributed by atoms with E-state index >= 15 is 0 Å². The lowest BCUT2D eigenvalue weighted by molar-refractivity contribution is 0.949. The molecule has 0 spiro atoms. The number of hydrogen-bond donors (Lipinski definition) is 1. The van der Waals surface area contributed by atoms with Gasteiger partial charge in [-0.05, 0) is 35.4 Å². The minimum atomic E-state index is -0.0943. The van der Waals surface area contributed by atoms with Crippen LogP contribution in [0.15, 0.2) is 23.4 Å². The molecule has 0 atom stereocenters. The molecule has 1 aliphatic carbocycles. The Morgan fingerprint density at radius 2 is 2.18 bits per heavy atom. The molecule has 2 aromatic heterocycles. The number of nitrogens with one attached hydrogen (secondary N) is 1. The van der Waals surface area contributed by atoms with Crippen LogP contribution in [-0.2, 0) is 0 Å². The summed E-state index contributed by atoms with van der Waals surface area (Å²) in [5.41, 5.74) is 1.40. The van der Waals surface area contributed by atoms with E-state index in [-0.39, 0.29) is 5.56 Å². The lowest BCUT2D eigenvalue weighted by Crippen LogP contribution is -2.16. The van der Waals surface area contributed by atoms with E-state index in [9.17, 15) is 4.79 Å². The van der Waals surface area contributed by atoms with Gasteiger partial charge in [0.1, 0.15) is 9.26 Å². The number of halogens is 1. The van der Waals surface area contributed by atoms with Crippen LogP contribution in [0.5, 0.6) is 0 Å². The Labute approximate surface area is 111 Å². The molecule has 6 heteroatoms.